The minimum absolute atomic E-state index is 0.512. The lowest BCUT2D eigenvalue weighted by Crippen LogP contribution is -1.74. The SMILES string of the molecule is Clc1ccc2[nH]cc(Br)c2n1. The van der Waals surface area contributed by atoms with Crippen LogP contribution < -0.4 is 0 Å². The van der Waals surface area contributed by atoms with E-state index in [4.69, 9.17) is 11.6 Å². The summed E-state index contributed by atoms with van der Waals surface area (Å²) < 4.78 is 0.940. The Balaban J connectivity index is 2.87. The van der Waals surface area contributed by atoms with Gasteiger partial charge in [0.15, 0.2) is 0 Å². The van der Waals surface area contributed by atoms with Crippen LogP contribution in [-0.4, -0.2) is 9.97 Å². The Hall–Kier alpha value is -0.540. The van der Waals surface area contributed by atoms with Crippen molar-refractivity contribution in [2.24, 2.45) is 0 Å². The summed E-state index contributed by atoms with van der Waals surface area (Å²) in [5, 5.41) is 0.512. The van der Waals surface area contributed by atoms with E-state index in [1.54, 1.807) is 6.07 Å². The molecule has 4 heteroatoms. The second kappa shape index (κ2) is 2.50. The molecule has 0 unspecified atom stereocenters. The summed E-state index contributed by atoms with van der Waals surface area (Å²) in [4.78, 5) is 7.17. The number of hydrogen-bond acceptors (Lipinski definition) is 1. The third-order valence-electron chi connectivity index (χ3n) is 1.44. The maximum atomic E-state index is 5.70. The first-order valence-electron chi connectivity index (χ1n) is 3.06. The molecule has 2 aromatic rings. The van der Waals surface area contributed by atoms with Gasteiger partial charge in [0.2, 0.25) is 0 Å². The molecule has 2 aromatic heterocycles. The minimum Gasteiger partial charge on any atom is -0.359 e. The van der Waals surface area contributed by atoms with Crippen molar-refractivity contribution >= 4 is 38.6 Å². The maximum absolute atomic E-state index is 5.70. The highest BCUT2D eigenvalue weighted by Crippen LogP contribution is 2.22. The molecular weight excluding hydrogens is 227 g/mol. The van der Waals surface area contributed by atoms with E-state index >= 15 is 0 Å². The lowest BCUT2D eigenvalue weighted by molar-refractivity contribution is 1.40. The Labute approximate surface area is 76.7 Å². The van der Waals surface area contributed by atoms with Gasteiger partial charge >= 0.3 is 0 Å². The summed E-state index contributed by atoms with van der Waals surface area (Å²) in [5.41, 5.74) is 1.86. The second-order valence-electron chi connectivity index (χ2n) is 2.17. The minimum atomic E-state index is 0.512. The molecular formula is C7H4BrClN2. The van der Waals surface area contributed by atoms with Crippen molar-refractivity contribution in [2.75, 3.05) is 0 Å². The van der Waals surface area contributed by atoms with E-state index in [1.165, 1.54) is 0 Å². The summed E-state index contributed by atoms with van der Waals surface area (Å²) >= 11 is 9.05. The van der Waals surface area contributed by atoms with Gasteiger partial charge in [0, 0.05) is 6.20 Å². The number of halogens is 2. The van der Waals surface area contributed by atoms with Crippen molar-refractivity contribution in [3.63, 3.8) is 0 Å². The zero-order valence-electron chi connectivity index (χ0n) is 5.44. The molecule has 0 aliphatic carbocycles. The van der Waals surface area contributed by atoms with Gasteiger partial charge in [-0.2, -0.15) is 0 Å². The lowest BCUT2D eigenvalue weighted by atomic mass is 10.4. The fourth-order valence-corrected chi connectivity index (χ4v) is 1.51. The van der Waals surface area contributed by atoms with E-state index in [9.17, 15) is 0 Å². The van der Waals surface area contributed by atoms with Gasteiger partial charge < -0.3 is 4.98 Å². The molecule has 0 radical (unpaired) electrons. The molecule has 2 rings (SSSR count). The number of H-pyrrole nitrogens is 1. The van der Waals surface area contributed by atoms with Crippen LogP contribution >= 0.6 is 27.5 Å². The molecule has 0 bridgehead atoms. The van der Waals surface area contributed by atoms with Crippen LogP contribution in [0.2, 0.25) is 5.15 Å². The Morgan fingerprint density at radius 2 is 2.27 bits per heavy atom. The van der Waals surface area contributed by atoms with Gasteiger partial charge in [0.25, 0.3) is 0 Å². The number of rotatable bonds is 0. The lowest BCUT2D eigenvalue weighted by Gasteiger charge is -1.89. The topological polar surface area (TPSA) is 28.7 Å². The van der Waals surface area contributed by atoms with E-state index in [1.807, 2.05) is 12.3 Å². The molecule has 0 saturated carbocycles. The molecule has 0 amide bonds. The summed E-state index contributed by atoms with van der Waals surface area (Å²) in [6.45, 7) is 0. The molecule has 0 saturated heterocycles. The van der Waals surface area contributed by atoms with Crippen molar-refractivity contribution in [3.05, 3.63) is 28.0 Å². The summed E-state index contributed by atoms with van der Waals surface area (Å²) in [6.07, 6.45) is 1.84. The normalized spacial score (nSPS) is 10.7. The largest absolute Gasteiger partial charge is 0.359 e. The standard InChI is InChI=1S/C7H4BrClN2/c8-4-3-10-5-1-2-6(9)11-7(4)5/h1-3,10H. The smallest absolute Gasteiger partial charge is 0.129 e. The first-order valence-corrected chi connectivity index (χ1v) is 4.23. The van der Waals surface area contributed by atoms with E-state index in [-0.39, 0.29) is 0 Å². The highest BCUT2D eigenvalue weighted by atomic mass is 79.9. The van der Waals surface area contributed by atoms with E-state index in [0.717, 1.165) is 15.5 Å². The molecule has 11 heavy (non-hydrogen) atoms. The third-order valence-corrected chi connectivity index (χ3v) is 2.26. The number of pyridine rings is 1. The van der Waals surface area contributed by atoms with Crippen molar-refractivity contribution < 1.29 is 0 Å². The predicted molar refractivity (Wildman–Crippen MR) is 48.8 cm³/mol. The van der Waals surface area contributed by atoms with Crippen molar-refractivity contribution in [3.8, 4) is 0 Å². The van der Waals surface area contributed by atoms with Crippen LogP contribution in [0.15, 0.2) is 22.8 Å². The molecule has 2 nitrogen and oxygen atoms in total. The van der Waals surface area contributed by atoms with Gasteiger partial charge in [0.05, 0.1) is 9.99 Å². The monoisotopic (exact) mass is 230 g/mol. The predicted octanol–water partition coefficient (Wildman–Crippen LogP) is 2.98. The number of hydrogen-bond donors (Lipinski definition) is 1. The zero-order chi connectivity index (χ0) is 7.84. The number of fused-ring (bicyclic) bond motifs is 1. The van der Waals surface area contributed by atoms with Gasteiger partial charge in [-0.1, -0.05) is 11.6 Å². The van der Waals surface area contributed by atoms with Crippen molar-refractivity contribution in [1.82, 2.24) is 9.97 Å². The maximum Gasteiger partial charge on any atom is 0.129 e. The summed E-state index contributed by atoms with van der Waals surface area (Å²) in [5.74, 6) is 0. The fraction of sp³-hybridized carbons (Fsp3) is 0. The van der Waals surface area contributed by atoms with Gasteiger partial charge in [-0.15, -0.1) is 0 Å². The van der Waals surface area contributed by atoms with Crippen molar-refractivity contribution in [1.29, 1.82) is 0 Å². The molecule has 0 spiro atoms. The van der Waals surface area contributed by atoms with Crippen LogP contribution in [0.5, 0.6) is 0 Å². The van der Waals surface area contributed by atoms with Gasteiger partial charge in [-0.3, -0.25) is 0 Å². The van der Waals surface area contributed by atoms with Crippen LogP contribution in [0, 0.1) is 0 Å². The number of aromatic amines is 1. The highest BCUT2D eigenvalue weighted by Gasteiger charge is 2.01. The quantitative estimate of drug-likeness (QED) is 0.694. The Bertz CT molecular complexity index is 396. The second-order valence-corrected chi connectivity index (χ2v) is 3.41. The van der Waals surface area contributed by atoms with E-state index < -0.39 is 0 Å². The van der Waals surface area contributed by atoms with Crippen LogP contribution in [0.3, 0.4) is 0 Å². The number of nitrogens with zero attached hydrogens (tertiary/aromatic N) is 1. The molecule has 0 fully saturated rings. The zero-order valence-corrected chi connectivity index (χ0v) is 7.78. The molecule has 1 N–H and O–H groups in total. The Kier molecular flexibility index (Phi) is 1.62. The van der Waals surface area contributed by atoms with Gasteiger partial charge in [0.1, 0.15) is 10.7 Å². The average molecular weight is 231 g/mol. The first-order chi connectivity index (χ1) is 5.27. The molecule has 0 atom stereocenters. The van der Waals surface area contributed by atoms with E-state index in [2.05, 4.69) is 25.9 Å². The Morgan fingerprint density at radius 3 is 3.09 bits per heavy atom. The molecule has 0 aliphatic rings. The van der Waals surface area contributed by atoms with Crippen LogP contribution in [0.1, 0.15) is 0 Å². The molecule has 2 heterocycles. The molecule has 0 aromatic carbocycles. The Morgan fingerprint density at radius 1 is 1.45 bits per heavy atom. The van der Waals surface area contributed by atoms with Crippen molar-refractivity contribution in [2.45, 2.75) is 0 Å². The van der Waals surface area contributed by atoms with Gasteiger partial charge in [-0.25, -0.2) is 4.98 Å². The average Bonchev–Trinajstić information content (AvgIpc) is 2.33. The van der Waals surface area contributed by atoms with Crippen LogP contribution in [-0.2, 0) is 0 Å². The molecule has 0 aliphatic heterocycles. The van der Waals surface area contributed by atoms with E-state index in [0.29, 0.717) is 5.15 Å². The summed E-state index contributed by atoms with van der Waals surface area (Å²) in [6, 6.07) is 3.66. The summed E-state index contributed by atoms with van der Waals surface area (Å²) in [7, 11) is 0. The number of nitrogens with one attached hydrogen (secondary N) is 1. The van der Waals surface area contributed by atoms with Crippen LogP contribution in [0.4, 0.5) is 0 Å². The number of aromatic nitrogens is 2. The molecule has 56 valence electrons. The third kappa shape index (κ3) is 1.14. The van der Waals surface area contributed by atoms with Gasteiger partial charge in [-0.05, 0) is 28.1 Å². The van der Waals surface area contributed by atoms with Crippen LogP contribution in [0.25, 0.3) is 11.0 Å². The fourth-order valence-electron chi connectivity index (χ4n) is 0.943. The highest BCUT2D eigenvalue weighted by molar-refractivity contribution is 9.10. The first kappa shape index (κ1) is 7.13.